The van der Waals surface area contributed by atoms with E-state index >= 15 is 0 Å². The molecule has 0 aromatic rings. The molecule has 1 saturated carbocycles. The summed E-state index contributed by atoms with van der Waals surface area (Å²) in [7, 11) is 0. The van der Waals surface area contributed by atoms with Crippen molar-refractivity contribution in [2.24, 2.45) is 11.7 Å². The van der Waals surface area contributed by atoms with Gasteiger partial charge in [-0.05, 0) is 32.1 Å². The Morgan fingerprint density at radius 2 is 2.29 bits per heavy atom. The minimum Gasteiger partial charge on any atom is -0.391 e. The number of amides is 1. The number of nitrogens with one attached hydrogen (secondary N) is 1. The summed E-state index contributed by atoms with van der Waals surface area (Å²) in [6, 6.07) is 0. The topological polar surface area (TPSA) is 75.4 Å². The zero-order valence-electron chi connectivity index (χ0n) is 8.92. The Morgan fingerprint density at radius 1 is 1.71 bits per heavy atom. The Kier molecular flexibility index (Phi) is 3.50. The maximum absolute atomic E-state index is 11.5. The van der Waals surface area contributed by atoms with Crippen molar-refractivity contribution in [3.05, 3.63) is 0 Å². The molecule has 0 bridgehead atoms. The third-order valence-electron chi connectivity index (χ3n) is 2.89. The van der Waals surface area contributed by atoms with Crippen molar-refractivity contribution in [1.82, 2.24) is 5.32 Å². The van der Waals surface area contributed by atoms with Gasteiger partial charge in [-0.15, -0.1) is 0 Å². The monoisotopic (exact) mass is 200 g/mol. The van der Waals surface area contributed by atoms with E-state index in [0.717, 1.165) is 12.8 Å². The first-order valence-corrected chi connectivity index (χ1v) is 5.22. The molecule has 14 heavy (non-hydrogen) atoms. The van der Waals surface area contributed by atoms with Crippen molar-refractivity contribution in [2.75, 3.05) is 6.54 Å². The van der Waals surface area contributed by atoms with Gasteiger partial charge in [0.1, 0.15) is 0 Å². The van der Waals surface area contributed by atoms with Crippen LogP contribution in [0.3, 0.4) is 0 Å². The molecule has 1 fully saturated rings. The van der Waals surface area contributed by atoms with Crippen molar-refractivity contribution in [1.29, 1.82) is 0 Å². The molecule has 1 amide bonds. The fraction of sp³-hybridized carbons (Fsp3) is 0.900. The average Bonchev–Trinajstić information content (AvgIpc) is 2.96. The maximum atomic E-state index is 11.5. The predicted molar refractivity (Wildman–Crippen MR) is 54.6 cm³/mol. The molecule has 82 valence electrons. The Hall–Kier alpha value is -0.610. The van der Waals surface area contributed by atoms with Crippen LogP contribution in [0.4, 0.5) is 0 Å². The second-order valence-electron chi connectivity index (χ2n) is 4.39. The summed E-state index contributed by atoms with van der Waals surface area (Å²) in [5.74, 6) is 0.209. The van der Waals surface area contributed by atoms with Crippen LogP contribution in [0, 0.1) is 5.92 Å². The number of carbonyl (C=O) groups is 1. The van der Waals surface area contributed by atoms with Gasteiger partial charge in [-0.1, -0.05) is 6.92 Å². The molecule has 0 heterocycles. The summed E-state index contributed by atoms with van der Waals surface area (Å²) in [6.45, 7) is 3.90. The molecule has 1 aliphatic rings. The zero-order valence-corrected chi connectivity index (χ0v) is 8.92. The Bertz CT molecular complexity index is 212. The minimum absolute atomic E-state index is 0.181. The lowest BCUT2D eigenvalue weighted by Crippen LogP contribution is -2.52. The third kappa shape index (κ3) is 2.96. The molecule has 4 N–H and O–H groups in total. The van der Waals surface area contributed by atoms with Crippen LogP contribution in [0.15, 0.2) is 0 Å². The zero-order chi connectivity index (χ0) is 10.8. The summed E-state index contributed by atoms with van der Waals surface area (Å²) < 4.78 is 0. The molecule has 0 aromatic carbocycles. The Labute approximate surface area is 84.9 Å². The highest BCUT2D eigenvalue weighted by Crippen LogP contribution is 2.32. The quantitative estimate of drug-likeness (QED) is 0.585. The van der Waals surface area contributed by atoms with Crippen molar-refractivity contribution in [2.45, 2.75) is 44.8 Å². The number of hydrogen-bond acceptors (Lipinski definition) is 3. The molecule has 2 atom stereocenters. The van der Waals surface area contributed by atoms with E-state index < -0.39 is 11.6 Å². The van der Waals surface area contributed by atoms with Crippen LogP contribution >= 0.6 is 0 Å². The molecule has 1 rings (SSSR count). The number of carbonyl (C=O) groups excluding carboxylic acids is 1. The van der Waals surface area contributed by atoms with Gasteiger partial charge >= 0.3 is 0 Å². The Morgan fingerprint density at radius 3 is 2.71 bits per heavy atom. The first kappa shape index (κ1) is 11.5. The average molecular weight is 200 g/mol. The van der Waals surface area contributed by atoms with Crippen molar-refractivity contribution in [3.63, 3.8) is 0 Å². The van der Waals surface area contributed by atoms with Crippen LogP contribution in [-0.4, -0.2) is 29.2 Å². The predicted octanol–water partition coefficient (Wildman–Crippen LogP) is 0.000900. The lowest BCUT2D eigenvalue weighted by molar-refractivity contribution is -0.126. The second kappa shape index (κ2) is 4.28. The smallest absolute Gasteiger partial charge is 0.239 e. The van der Waals surface area contributed by atoms with Crippen LogP contribution in [-0.2, 0) is 4.79 Å². The third-order valence-corrected chi connectivity index (χ3v) is 2.89. The normalized spacial score (nSPS) is 22.6. The van der Waals surface area contributed by atoms with Gasteiger partial charge in [0.25, 0.3) is 0 Å². The van der Waals surface area contributed by atoms with Gasteiger partial charge in [0.15, 0.2) is 0 Å². The number of aliphatic hydroxyl groups is 1. The van der Waals surface area contributed by atoms with Crippen LogP contribution in [0.1, 0.15) is 33.1 Å². The van der Waals surface area contributed by atoms with Crippen LogP contribution in [0.25, 0.3) is 0 Å². The number of hydrogen-bond donors (Lipinski definition) is 3. The standard InChI is InChI=1S/C10H20N2O2/c1-3-10(2,11)9(14)12-6-8(13)7-4-5-7/h7-8,13H,3-6,11H2,1-2H3,(H,12,14). The number of nitrogens with two attached hydrogens (primary N) is 1. The summed E-state index contributed by atoms with van der Waals surface area (Å²) in [5.41, 5.74) is 4.93. The van der Waals surface area contributed by atoms with Crippen molar-refractivity contribution >= 4 is 5.91 Å². The molecule has 0 saturated heterocycles. The fourth-order valence-corrected chi connectivity index (χ4v) is 1.21. The minimum atomic E-state index is -0.816. The van der Waals surface area contributed by atoms with E-state index in [0.29, 0.717) is 18.9 Å². The van der Waals surface area contributed by atoms with Crippen molar-refractivity contribution < 1.29 is 9.90 Å². The first-order valence-electron chi connectivity index (χ1n) is 5.22. The molecular formula is C10H20N2O2. The number of aliphatic hydroxyl groups excluding tert-OH is 1. The molecule has 2 unspecified atom stereocenters. The van der Waals surface area contributed by atoms with Gasteiger partial charge in [0.2, 0.25) is 5.91 Å². The van der Waals surface area contributed by atoms with Gasteiger partial charge in [-0.3, -0.25) is 4.79 Å². The highest BCUT2D eigenvalue weighted by molar-refractivity contribution is 5.85. The SMILES string of the molecule is CCC(C)(N)C(=O)NCC(O)C1CC1. The van der Waals surface area contributed by atoms with E-state index in [2.05, 4.69) is 5.32 Å². The maximum Gasteiger partial charge on any atom is 0.239 e. The largest absolute Gasteiger partial charge is 0.391 e. The lowest BCUT2D eigenvalue weighted by Gasteiger charge is -2.22. The molecular weight excluding hydrogens is 180 g/mol. The molecule has 0 radical (unpaired) electrons. The Balaban J connectivity index is 2.26. The first-order chi connectivity index (χ1) is 6.47. The van der Waals surface area contributed by atoms with Crippen LogP contribution in [0.5, 0.6) is 0 Å². The van der Waals surface area contributed by atoms with E-state index in [1.807, 2.05) is 6.92 Å². The van der Waals surface area contributed by atoms with E-state index in [4.69, 9.17) is 5.73 Å². The highest BCUT2D eigenvalue weighted by Gasteiger charge is 2.31. The molecule has 4 heteroatoms. The van der Waals surface area contributed by atoms with Crippen LogP contribution < -0.4 is 11.1 Å². The van der Waals surface area contributed by atoms with Crippen LogP contribution in [0.2, 0.25) is 0 Å². The van der Waals surface area contributed by atoms with Crippen molar-refractivity contribution in [3.8, 4) is 0 Å². The highest BCUT2D eigenvalue weighted by atomic mass is 16.3. The molecule has 0 spiro atoms. The summed E-state index contributed by atoms with van der Waals surface area (Å²) >= 11 is 0. The van der Waals surface area contributed by atoms with Gasteiger partial charge in [-0.25, -0.2) is 0 Å². The van der Waals surface area contributed by atoms with E-state index in [9.17, 15) is 9.90 Å². The van der Waals surface area contributed by atoms with E-state index in [1.54, 1.807) is 6.92 Å². The summed E-state index contributed by atoms with van der Waals surface area (Å²) in [4.78, 5) is 11.5. The molecule has 0 aliphatic heterocycles. The molecule has 4 nitrogen and oxygen atoms in total. The lowest BCUT2D eigenvalue weighted by atomic mass is 9.99. The number of rotatable bonds is 5. The van der Waals surface area contributed by atoms with Gasteiger partial charge in [-0.2, -0.15) is 0 Å². The van der Waals surface area contributed by atoms with Gasteiger partial charge in [0.05, 0.1) is 11.6 Å². The fourth-order valence-electron chi connectivity index (χ4n) is 1.21. The molecule has 0 aromatic heterocycles. The van der Waals surface area contributed by atoms with Gasteiger partial charge in [0, 0.05) is 6.54 Å². The summed E-state index contributed by atoms with van der Waals surface area (Å²) in [6.07, 6.45) is 2.35. The second-order valence-corrected chi connectivity index (χ2v) is 4.39. The summed E-state index contributed by atoms with van der Waals surface area (Å²) in [5, 5.41) is 12.2. The van der Waals surface area contributed by atoms with Gasteiger partial charge < -0.3 is 16.2 Å². The molecule has 1 aliphatic carbocycles. The van der Waals surface area contributed by atoms with E-state index in [-0.39, 0.29) is 5.91 Å². The van der Waals surface area contributed by atoms with E-state index in [1.165, 1.54) is 0 Å².